The zero-order valence-corrected chi connectivity index (χ0v) is 19.7. The summed E-state index contributed by atoms with van der Waals surface area (Å²) in [6.45, 7) is 6.82. The van der Waals surface area contributed by atoms with Gasteiger partial charge in [0, 0.05) is 10.9 Å². The molecule has 31 heavy (non-hydrogen) atoms. The number of aromatic nitrogens is 3. The maximum atomic E-state index is 12.3. The van der Waals surface area contributed by atoms with Gasteiger partial charge >= 0.3 is 0 Å². The first-order valence-corrected chi connectivity index (χ1v) is 12.2. The Bertz CT molecular complexity index is 1180. The summed E-state index contributed by atoms with van der Waals surface area (Å²) in [7, 11) is 0. The predicted octanol–water partition coefficient (Wildman–Crippen LogP) is 5.52. The highest BCUT2D eigenvalue weighted by molar-refractivity contribution is 8.01. The zero-order valence-electron chi connectivity index (χ0n) is 17.3. The van der Waals surface area contributed by atoms with E-state index in [0.717, 1.165) is 21.4 Å². The lowest BCUT2D eigenvalue weighted by Crippen LogP contribution is -2.13. The second-order valence-electron chi connectivity index (χ2n) is 6.93. The third-order valence-electron chi connectivity index (χ3n) is 4.59. The van der Waals surface area contributed by atoms with Crippen molar-refractivity contribution in [3.8, 4) is 11.3 Å². The van der Waals surface area contributed by atoms with Crippen LogP contribution in [0, 0.1) is 20.8 Å². The fourth-order valence-corrected chi connectivity index (χ4v) is 5.16. The van der Waals surface area contributed by atoms with E-state index in [-0.39, 0.29) is 11.7 Å². The first kappa shape index (κ1) is 21.5. The first-order valence-electron chi connectivity index (χ1n) is 9.54. The highest BCUT2D eigenvalue weighted by Gasteiger charge is 2.13. The van der Waals surface area contributed by atoms with Crippen LogP contribution in [0.15, 0.2) is 44.7 Å². The van der Waals surface area contributed by atoms with Crippen molar-refractivity contribution in [1.29, 1.82) is 0 Å². The van der Waals surface area contributed by atoms with Crippen LogP contribution >= 0.6 is 34.4 Å². The van der Waals surface area contributed by atoms with Gasteiger partial charge in [-0.05, 0) is 55.7 Å². The van der Waals surface area contributed by atoms with Gasteiger partial charge in [0.15, 0.2) is 9.47 Å². The van der Waals surface area contributed by atoms with Crippen LogP contribution in [0.5, 0.6) is 0 Å². The number of nitrogens with zero attached hydrogens (tertiary/aromatic N) is 3. The van der Waals surface area contributed by atoms with Crippen LogP contribution in [0.25, 0.3) is 11.3 Å². The largest absolute Gasteiger partial charge is 0.467 e. The summed E-state index contributed by atoms with van der Waals surface area (Å²) in [6.07, 6.45) is 1.63. The van der Waals surface area contributed by atoms with Crippen molar-refractivity contribution < 1.29 is 9.21 Å². The van der Waals surface area contributed by atoms with Crippen LogP contribution in [0.3, 0.4) is 0 Å². The van der Waals surface area contributed by atoms with E-state index in [1.54, 1.807) is 6.26 Å². The molecular formula is C21H21N5O2S3. The third-order valence-corrected chi connectivity index (χ3v) is 7.37. The number of hydrogen-bond donors (Lipinski definition) is 2. The summed E-state index contributed by atoms with van der Waals surface area (Å²) >= 11 is 4.18. The maximum absolute atomic E-state index is 12.3. The fourth-order valence-electron chi connectivity index (χ4n) is 2.89. The van der Waals surface area contributed by atoms with Gasteiger partial charge in [0.25, 0.3) is 0 Å². The number of furan rings is 1. The van der Waals surface area contributed by atoms with E-state index in [2.05, 4.69) is 58.7 Å². The van der Waals surface area contributed by atoms with Gasteiger partial charge in [-0.1, -0.05) is 29.2 Å². The summed E-state index contributed by atoms with van der Waals surface area (Å²) in [4.78, 5) is 16.9. The molecule has 4 rings (SSSR count). The molecule has 3 heterocycles. The monoisotopic (exact) mass is 471 g/mol. The Morgan fingerprint density at radius 3 is 2.77 bits per heavy atom. The topological polar surface area (TPSA) is 92.9 Å². The van der Waals surface area contributed by atoms with Gasteiger partial charge in [0.2, 0.25) is 11.0 Å². The molecule has 10 heteroatoms. The van der Waals surface area contributed by atoms with Crippen LogP contribution in [0.4, 0.5) is 10.3 Å². The molecule has 0 atom stereocenters. The van der Waals surface area contributed by atoms with E-state index in [1.807, 2.05) is 17.5 Å². The molecule has 0 radical (unpaired) electrons. The number of thiazole rings is 1. The average Bonchev–Trinajstić information content (AvgIpc) is 3.50. The van der Waals surface area contributed by atoms with E-state index < -0.39 is 0 Å². The molecule has 0 unspecified atom stereocenters. The molecular weight excluding hydrogens is 450 g/mol. The van der Waals surface area contributed by atoms with Crippen molar-refractivity contribution in [2.75, 3.05) is 16.4 Å². The quantitative estimate of drug-likeness (QED) is 0.327. The maximum Gasteiger partial charge on any atom is 0.236 e. The number of aryl methyl sites for hydroxylation is 3. The Morgan fingerprint density at radius 1 is 1.13 bits per heavy atom. The summed E-state index contributed by atoms with van der Waals surface area (Å²) < 4.78 is 6.00. The van der Waals surface area contributed by atoms with Crippen LogP contribution in [-0.2, 0) is 11.3 Å². The van der Waals surface area contributed by atoms with Crippen molar-refractivity contribution in [3.63, 3.8) is 0 Å². The minimum atomic E-state index is -0.122. The Kier molecular flexibility index (Phi) is 6.69. The van der Waals surface area contributed by atoms with Crippen molar-refractivity contribution >= 4 is 50.6 Å². The number of carbonyl (C=O) groups excluding carboxylic acids is 1. The SMILES string of the molecule is Cc1cc(C)c(-c2csc(NC(=O)CSc3nnc(NCc4ccco4)s3)n2)cc1C. The lowest BCUT2D eigenvalue weighted by Gasteiger charge is -2.07. The van der Waals surface area contributed by atoms with Crippen molar-refractivity contribution in [1.82, 2.24) is 15.2 Å². The molecule has 0 fully saturated rings. The summed E-state index contributed by atoms with van der Waals surface area (Å²) in [6, 6.07) is 8.04. The molecule has 0 bridgehead atoms. The van der Waals surface area contributed by atoms with Gasteiger partial charge in [-0.25, -0.2) is 4.98 Å². The van der Waals surface area contributed by atoms with E-state index in [0.29, 0.717) is 16.8 Å². The number of anilines is 2. The van der Waals surface area contributed by atoms with Gasteiger partial charge in [-0.3, -0.25) is 4.79 Å². The molecule has 0 spiro atoms. The second kappa shape index (κ2) is 9.63. The molecule has 0 saturated heterocycles. The summed E-state index contributed by atoms with van der Waals surface area (Å²) in [5, 5.41) is 17.5. The number of amides is 1. The number of thioether (sulfide) groups is 1. The number of rotatable bonds is 8. The number of nitrogens with one attached hydrogen (secondary N) is 2. The molecule has 0 aliphatic heterocycles. The first-order chi connectivity index (χ1) is 15.0. The van der Waals surface area contributed by atoms with E-state index in [9.17, 15) is 4.79 Å². The van der Waals surface area contributed by atoms with E-state index in [1.165, 1.54) is 51.1 Å². The molecule has 1 aromatic carbocycles. The van der Waals surface area contributed by atoms with E-state index in [4.69, 9.17) is 4.42 Å². The molecule has 0 saturated carbocycles. The minimum Gasteiger partial charge on any atom is -0.467 e. The molecule has 0 aliphatic carbocycles. The molecule has 160 valence electrons. The molecule has 0 aliphatic rings. The highest BCUT2D eigenvalue weighted by Crippen LogP contribution is 2.30. The third kappa shape index (κ3) is 5.52. The molecule has 3 aromatic heterocycles. The minimum absolute atomic E-state index is 0.122. The Labute approximate surface area is 192 Å². The standard InChI is InChI=1S/C21H21N5O2S3/c1-12-7-14(3)16(8-13(12)2)17-10-29-20(23-17)24-18(27)11-30-21-26-25-19(31-21)22-9-15-5-4-6-28-15/h4-8,10H,9,11H2,1-3H3,(H,22,25)(H,23,24,27). The van der Waals surface area contributed by atoms with Gasteiger partial charge in [0.1, 0.15) is 5.76 Å². The molecule has 4 aromatic rings. The highest BCUT2D eigenvalue weighted by atomic mass is 32.2. The fraction of sp³-hybridized carbons (Fsp3) is 0.238. The van der Waals surface area contributed by atoms with Crippen molar-refractivity contribution in [2.45, 2.75) is 31.7 Å². The molecule has 2 N–H and O–H groups in total. The lowest BCUT2D eigenvalue weighted by atomic mass is 9.99. The Hall–Kier alpha value is -2.69. The summed E-state index contributed by atoms with van der Waals surface area (Å²) in [5.74, 6) is 0.940. The van der Waals surface area contributed by atoms with Crippen molar-refractivity contribution in [2.24, 2.45) is 0 Å². The molecule has 7 nitrogen and oxygen atoms in total. The normalized spacial score (nSPS) is 10.9. The number of carbonyl (C=O) groups is 1. The predicted molar refractivity (Wildman–Crippen MR) is 127 cm³/mol. The Morgan fingerprint density at radius 2 is 1.97 bits per heavy atom. The second-order valence-corrected chi connectivity index (χ2v) is 9.99. The van der Waals surface area contributed by atoms with E-state index >= 15 is 0 Å². The van der Waals surface area contributed by atoms with Gasteiger partial charge < -0.3 is 15.1 Å². The number of hydrogen-bond acceptors (Lipinski definition) is 9. The van der Waals surface area contributed by atoms with Gasteiger partial charge in [-0.15, -0.1) is 21.5 Å². The van der Waals surface area contributed by atoms with Crippen LogP contribution in [0.1, 0.15) is 22.5 Å². The van der Waals surface area contributed by atoms with Crippen LogP contribution in [0.2, 0.25) is 0 Å². The van der Waals surface area contributed by atoms with Gasteiger partial charge in [-0.2, -0.15) is 0 Å². The average molecular weight is 472 g/mol. The molecule has 1 amide bonds. The van der Waals surface area contributed by atoms with Crippen LogP contribution in [-0.4, -0.2) is 26.8 Å². The Balaban J connectivity index is 1.29. The van der Waals surface area contributed by atoms with Gasteiger partial charge in [0.05, 0.1) is 24.3 Å². The number of benzene rings is 1. The smallest absolute Gasteiger partial charge is 0.236 e. The van der Waals surface area contributed by atoms with Crippen LogP contribution < -0.4 is 10.6 Å². The zero-order chi connectivity index (χ0) is 21.8. The summed E-state index contributed by atoms with van der Waals surface area (Å²) in [5.41, 5.74) is 5.64. The van der Waals surface area contributed by atoms with Crippen molar-refractivity contribution in [3.05, 3.63) is 58.4 Å². The lowest BCUT2D eigenvalue weighted by molar-refractivity contribution is -0.113.